The Morgan fingerprint density at radius 1 is 1.24 bits per heavy atom. The number of halogens is 1. The zero-order valence-electron chi connectivity index (χ0n) is 13.7. The van der Waals surface area contributed by atoms with E-state index >= 15 is 0 Å². The molecule has 0 aliphatic carbocycles. The number of hydrogen-bond donors (Lipinski definition) is 1. The summed E-state index contributed by atoms with van der Waals surface area (Å²) >= 11 is 0. The molecule has 1 N–H and O–H groups in total. The molecule has 1 aromatic heterocycles. The van der Waals surface area contributed by atoms with Crippen LogP contribution in [0, 0.1) is 5.82 Å². The van der Waals surface area contributed by atoms with Gasteiger partial charge in [0, 0.05) is 24.1 Å². The standard InChI is InChI=1S/C19H17FN2O3/c1-24-16-4-2-3-13(11-16)17-12-21-19(25-17)10-9-18(23)22-15-7-5-14(20)6-8-15/h2-8,11-12H,9-10H2,1H3,(H,22,23). The average molecular weight is 340 g/mol. The first-order valence-electron chi connectivity index (χ1n) is 7.78. The molecule has 3 rings (SSSR count). The zero-order chi connectivity index (χ0) is 17.6. The first-order valence-corrected chi connectivity index (χ1v) is 7.78. The Morgan fingerprint density at radius 2 is 2.04 bits per heavy atom. The van der Waals surface area contributed by atoms with Gasteiger partial charge >= 0.3 is 0 Å². The summed E-state index contributed by atoms with van der Waals surface area (Å²) in [5.74, 6) is 1.30. The number of nitrogens with zero attached hydrogens (tertiary/aromatic N) is 1. The normalized spacial score (nSPS) is 10.5. The van der Waals surface area contributed by atoms with Gasteiger partial charge in [0.15, 0.2) is 11.7 Å². The number of ether oxygens (including phenoxy) is 1. The van der Waals surface area contributed by atoms with E-state index in [2.05, 4.69) is 10.3 Å². The minimum absolute atomic E-state index is 0.187. The van der Waals surface area contributed by atoms with Crippen molar-refractivity contribution in [3.05, 3.63) is 66.4 Å². The molecule has 5 nitrogen and oxygen atoms in total. The average Bonchev–Trinajstić information content (AvgIpc) is 3.11. The monoisotopic (exact) mass is 340 g/mol. The summed E-state index contributed by atoms with van der Waals surface area (Å²) in [7, 11) is 1.60. The predicted octanol–water partition coefficient (Wildman–Crippen LogP) is 4.06. The first kappa shape index (κ1) is 16.7. The van der Waals surface area contributed by atoms with Gasteiger partial charge in [0.2, 0.25) is 5.91 Å². The van der Waals surface area contributed by atoms with E-state index in [1.54, 1.807) is 13.3 Å². The third-order valence-corrected chi connectivity index (χ3v) is 3.60. The Labute approximate surface area is 144 Å². The Morgan fingerprint density at radius 3 is 2.80 bits per heavy atom. The van der Waals surface area contributed by atoms with Crippen molar-refractivity contribution >= 4 is 11.6 Å². The number of anilines is 1. The van der Waals surface area contributed by atoms with E-state index in [4.69, 9.17) is 9.15 Å². The van der Waals surface area contributed by atoms with Crippen LogP contribution in [0.25, 0.3) is 11.3 Å². The molecule has 0 unspecified atom stereocenters. The van der Waals surface area contributed by atoms with Crippen molar-refractivity contribution in [2.24, 2.45) is 0 Å². The third-order valence-electron chi connectivity index (χ3n) is 3.60. The molecule has 25 heavy (non-hydrogen) atoms. The largest absolute Gasteiger partial charge is 0.497 e. The van der Waals surface area contributed by atoms with E-state index in [1.807, 2.05) is 24.3 Å². The molecule has 0 saturated heterocycles. The van der Waals surface area contributed by atoms with Crippen LogP contribution in [-0.4, -0.2) is 18.0 Å². The van der Waals surface area contributed by atoms with Crippen LogP contribution in [0.15, 0.2) is 59.1 Å². The molecule has 1 amide bonds. The van der Waals surface area contributed by atoms with E-state index in [1.165, 1.54) is 24.3 Å². The smallest absolute Gasteiger partial charge is 0.224 e. The molecule has 128 valence electrons. The number of benzene rings is 2. The fourth-order valence-corrected chi connectivity index (χ4v) is 2.31. The van der Waals surface area contributed by atoms with Gasteiger partial charge in [-0.25, -0.2) is 9.37 Å². The van der Waals surface area contributed by atoms with Gasteiger partial charge in [-0.15, -0.1) is 0 Å². The number of rotatable bonds is 6. The molecule has 6 heteroatoms. The summed E-state index contributed by atoms with van der Waals surface area (Å²) in [6, 6.07) is 13.1. The molecule has 0 aliphatic rings. The second-order valence-corrected chi connectivity index (χ2v) is 5.41. The molecule has 3 aromatic rings. The van der Waals surface area contributed by atoms with Crippen LogP contribution in [0.1, 0.15) is 12.3 Å². The number of oxazole rings is 1. The highest BCUT2D eigenvalue weighted by molar-refractivity contribution is 5.90. The fourth-order valence-electron chi connectivity index (χ4n) is 2.31. The van der Waals surface area contributed by atoms with Crippen molar-refractivity contribution in [1.29, 1.82) is 0 Å². The van der Waals surface area contributed by atoms with E-state index in [9.17, 15) is 9.18 Å². The molecule has 2 aromatic carbocycles. The highest BCUT2D eigenvalue weighted by Crippen LogP contribution is 2.24. The summed E-state index contributed by atoms with van der Waals surface area (Å²) < 4.78 is 23.7. The van der Waals surface area contributed by atoms with Crippen LogP contribution in [0.2, 0.25) is 0 Å². The number of nitrogens with one attached hydrogen (secondary N) is 1. The maximum atomic E-state index is 12.8. The van der Waals surface area contributed by atoms with Gasteiger partial charge < -0.3 is 14.5 Å². The number of carbonyl (C=O) groups excluding carboxylic acids is 1. The first-order chi connectivity index (χ1) is 12.1. The lowest BCUT2D eigenvalue weighted by molar-refractivity contribution is -0.116. The molecule has 0 spiro atoms. The molecule has 0 aliphatic heterocycles. The van der Waals surface area contributed by atoms with Gasteiger partial charge in [-0.3, -0.25) is 4.79 Å². The quantitative estimate of drug-likeness (QED) is 0.735. The Hall–Kier alpha value is -3.15. The number of aryl methyl sites for hydroxylation is 1. The molecule has 0 atom stereocenters. The van der Waals surface area contributed by atoms with E-state index in [-0.39, 0.29) is 18.1 Å². The van der Waals surface area contributed by atoms with Crippen LogP contribution in [-0.2, 0) is 11.2 Å². The lowest BCUT2D eigenvalue weighted by Gasteiger charge is -2.04. The molecule has 0 saturated carbocycles. The number of methoxy groups -OCH3 is 1. The minimum Gasteiger partial charge on any atom is -0.497 e. The lowest BCUT2D eigenvalue weighted by Crippen LogP contribution is -2.12. The van der Waals surface area contributed by atoms with E-state index in [0.717, 1.165) is 11.3 Å². The highest BCUT2D eigenvalue weighted by Gasteiger charge is 2.10. The van der Waals surface area contributed by atoms with Crippen LogP contribution in [0.4, 0.5) is 10.1 Å². The van der Waals surface area contributed by atoms with Crippen LogP contribution in [0.3, 0.4) is 0 Å². The zero-order valence-corrected chi connectivity index (χ0v) is 13.7. The summed E-state index contributed by atoms with van der Waals surface area (Å²) in [6.07, 6.45) is 2.22. The summed E-state index contributed by atoms with van der Waals surface area (Å²) in [4.78, 5) is 16.1. The van der Waals surface area contributed by atoms with Crippen molar-refractivity contribution in [2.45, 2.75) is 12.8 Å². The van der Waals surface area contributed by atoms with Gasteiger partial charge in [-0.1, -0.05) is 12.1 Å². The summed E-state index contributed by atoms with van der Waals surface area (Å²) in [5, 5.41) is 2.70. The van der Waals surface area contributed by atoms with Crippen LogP contribution < -0.4 is 10.1 Å². The van der Waals surface area contributed by atoms with Crippen molar-refractivity contribution in [2.75, 3.05) is 12.4 Å². The second-order valence-electron chi connectivity index (χ2n) is 5.41. The van der Waals surface area contributed by atoms with Gasteiger partial charge in [0.25, 0.3) is 0 Å². The van der Waals surface area contributed by atoms with Gasteiger partial charge in [-0.05, 0) is 36.4 Å². The molecular formula is C19H17FN2O3. The van der Waals surface area contributed by atoms with Gasteiger partial charge in [-0.2, -0.15) is 0 Å². The van der Waals surface area contributed by atoms with Crippen LogP contribution >= 0.6 is 0 Å². The van der Waals surface area contributed by atoms with E-state index in [0.29, 0.717) is 23.8 Å². The third kappa shape index (κ3) is 4.44. The van der Waals surface area contributed by atoms with E-state index < -0.39 is 0 Å². The fraction of sp³-hybridized carbons (Fsp3) is 0.158. The summed E-state index contributed by atoms with van der Waals surface area (Å²) in [6.45, 7) is 0. The predicted molar refractivity (Wildman–Crippen MR) is 91.8 cm³/mol. The number of amides is 1. The maximum Gasteiger partial charge on any atom is 0.224 e. The van der Waals surface area contributed by atoms with Crippen molar-refractivity contribution in [3.63, 3.8) is 0 Å². The van der Waals surface area contributed by atoms with Gasteiger partial charge in [0.05, 0.1) is 13.3 Å². The van der Waals surface area contributed by atoms with Crippen molar-refractivity contribution in [3.8, 4) is 17.1 Å². The van der Waals surface area contributed by atoms with Crippen LogP contribution in [0.5, 0.6) is 5.75 Å². The SMILES string of the molecule is COc1cccc(-c2cnc(CCC(=O)Nc3ccc(F)cc3)o2)c1. The second kappa shape index (κ2) is 7.61. The number of carbonyl (C=O) groups is 1. The summed E-state index contributed by atoms with van der Waals surface area (Å²) in [5.41, 5.74) is 1.41. The molecule has 0 fully saturated rings. The Bertz CT molecular complexity index is 859. The molecule has 1 heterocycles. The minimum atomic E-state index is -0.345. The maximum absolute atomic E-state index is 12.8. The highest BCUT2D eigenvalue weighted by atomic mass is 19.1. The lowest BCUT2D eigenvalue weighted by atomic mass is 10.2. The van der Waals surface area contributed by atoms with Gasteiger partial charge in [0.1, 0.15) is 11.6 Å². The van der Waals surface area contributed by atoms with Crippen molar-refractivity contribution < 1.29 is 18.3 Å². The topological polar surface area (TPSA) is 64.4 Å². The molecular weight excluding hydrogens is 323 g/mol. The molecule has 0 bridgehead atoms. The number of hydrogen-bond acceptors (Lipinski definition) is 4. The Balaban J connectivity index is 1.57. The van der Waals surface area contributed by atoms with Crippen molar-refractivity contribution in [1.82, 2.24) is 4.98 Å². The number of aromatic nitrogens is 1. The Kier molecular flexibility index (Phi) is 5.09. The molecule has 0 radical (unpaired) electrons.